The SMILES string of the molecule is Cc1ccc(C(=O)NCC(C)CN2CCCCC2)cc1N. The number of piperidine rings is 1. The van der Waals surface area contributed by atoms with Gasteiger partial charge in [0.15, 0.2) is 0 Å². The van der Waals surface area contributed by atoms with Crippen LogP contribution in [0.15, 0.2) is 18.2 Å². The molecular weight excluding hydrogens is 262 g/mol. The highest BCUT2D eigenvalue weighted by Gasteiger charge is 2.14. The van der Waals surface area contributed by atoms with E-state index in [2.05, 4.69) is 17.1 Å². The molecule has 1 fully saturated rings. The number of nitrogens with two attached hydrogens (primary N) is 1. The van der Waals surface area contributed by atoms with Gasteiger partial charge in [0, 0.05) is 24.3 Å². The van der Waals surface area contributed by atoms with Crippen molar-refractivity contribution >= 4 is 11.6 Å². The molecule has 21 heavy (non-hydrogen) atoms. The Morgan fingerprint density at radius 2 is 2.05 bits per heavy atom. The lowest BCUT2D eigenvalue weighted by atomic mass is 10.1. The average molecular weight is 289 g/mol. The highest BCUT2D eigenvalue weighted by molar-refractivity contribution is 5.95. The summed E-state index contributed by atoms with van der Waals surface area (Å²) in [6.45, 7) is 8.31. The van der Waals surface area contributed by atoms with E-state index in [4.69, 9.17) is 5.73 Å². The fourth-order valence-corrected chi connectivity index (χ4v) is 2.80. The molecule has 2 rings (SSSR count). The predicted octanol–water partition coefficient (Wildman–Crippen LogP) is 2.43. The number of hydrogen-bond donors (Lipinski definition) is 2. The van der Waals surface area contributed by atoms with Crippen molar-refractivity contribution in [2.24, 2.45) is 5.92 Å². The average Bonchev–Trinajstić information content (AvgIpc) is 2.48. The molecule has 0 spiro atoms. The van der Waals surface area contributed by atoms with E-state index in [-0.39, 0.29) is 5.91 Å². The highest BCUT2D eigenvalue weighted by Crippen LogP contribution is 2.13. The number of aryl methyl sites for hydroxylation is 1. The van der Waals surface area contributed by atoms with Gasteiger partial charge < -0.3 is 16.0 Å². The van der Waals surface area contributed by atoms with Crippen molar-refractivity contribution < 1.29 is 4.79 Å². The Kier molecular flexibility index (Phi) is 5.62. The largest absolute Gasteiger partial charge is 0.398 e. The fraction of sp³-hybridized carbons (Fsp3) is 0.588. The van der Waals surface area contributed by atoms with Gasteiger partial charge in [0.2, 0.25) is 0 Å². The predicted molar refractivity (Wildman–Crippen MR) is 87.4 cm³/mol. The number of nitrogens with one attached hydrogen (secondary N) is 1. The van der Waals surface area contributed by atoms with Crippen LogP contribution in [0.1, 0.15) is 42.1 Å². The number of benzene rings is 1. The molecule has 1 heterocycles. The summed E-state index contributed by atoms with van der Waals surface area (Å²) in [4.78, 5) is 14.6. The Morgan fingerprint density at radius 3 is 2.71 bits per heavy atom. The van der Waals surface area contributed by atoms with E-state index in [1.165, 1.54) is 32.4 Å². The van der Waals surface area contributed by atoms with E-state index in [9.17, 15) is 4.79 Å². The molecule has 1 aliphatic heterocycles. The van der Waals surface area contributed by atoms with Gasteiger partial charge in [-0.25, -0.2) is 0 Å². The standard InChI is InChI=1S/C17H27N3O/c1-13(12-20-8-4-3-5-9-20)11-19-17(21)15-7-6-14(2)16(18)10-15/h6-7,10,13H,3-5,8-9,11-12,18H2,1-2H3,(H,19,21). The molecule has 1 amide bonds. The van der Waals surface area contributed by atoms with Crippen LogP contribution in [0, 0.1) is 12.8 Å². The lowest BCUT2D eigenvalue weighted by Gasteiger charge is -2.29. The van der Waals surface area contributed by atoms with Crippen LogP contribution >= 0.6 is 0 Å². The van der Waals surface area contributed by atoms with Crippen molar-refractivity contribution in [3.8, 4) is 0 Å². The summed E-state index contributed by atoms with van der Waals surface area (Å²) in [5.41, 5.74) is 8.17. The number of nitrogen functional groups attached to an aromatic ring is 1. The van der Waals surface area contributed by atoms with Gasteiger partial charge in [-0.2, -0.15) is 0 Å². The molecule has 0 saturated carbocycles. The molecule has 1 aromatic rings. The molecule has 1 aromatic carbocycles. The van der Waals surface area contributed by atoms with Crippen molar-refractivity contribution in [3.63, 3.8) is 0 Å². The molecule has 4 heteroatoms. The minimum atomic E-state index is -0.0350. The zero-order valence-electron chi connectivity index (χ0n) is 13.2. The Morgan fingerprint density at radius 1 is 1.33 bits per heavy atom. The zero-order chi connectivity index (χ0) is 15.2. The van der Waals surface area contributed by atoms with Crippen molar-refractivity contribution in [2.45, 2.75) is 33.1 Å². The molecule has 1 saturated heterocycles. The van der Waals surface area contributed by atoms with Gasteiger partial charge >= 0.3 is 0 Å². The van der Waals surface area contributed by atoms with Crippen molar-refractivity contribution in [1.29, 1.82) is 0 Å². The third kappa shape index (κ3) is 4.74. The lowest BCUT2D eigenvalue weighted by molar-refractivity contribution is 0.0942. The zero-order valence-corrected chi connectivity index (χ0v) is 13.2. The van der Waals surface area contributed by atoms with Crippen LogP contribution in [0.5, 0.6) is 0 Å². The number of carbonyl (C=O) groups excluding carboxylic acids is 1. The molecule has 0 aromatic heterocycles. The molecule has 116 valence electrons. The number of nitrogens with zero attached hydrogens (tertiary/aromatic N) is 1. The molecule has 4 nitrogen and oxygen atoms in total. The molecule has 0 radical (unpaired) electrons. The van der Waals surface area contributed by atoms with Gasteiger partial charge in [-0.15, -0.1) is 0 Å². The van der Waals surface area contributed by atoms with Crippen molar-refractivity contribution in [2.75, 3.05) is 31.9 Å². The second kappa shape index (κ2) is 7.46. The van der Waals surface area contributed by atoms with Gasteiger partial charge in [-0.1, -0.05) is 19.4 Å². The summed E-state index contributed by atoms with van der Waals surface area (Å²) in [5, 5.41) is 3.01. The number of carbonyl (C=O) groups is 1. The maximum absolute atomic E-state index is 12.1. The van der Waals surface area contributed by atoms with Crippen LogP contribution in [0.4, 0.5) is 5.69 Å². The van der Waals surface area contributed by atoms with E-state index < -0.39 is 0 Å². The third-order valence-corrected chi connectivity index (χ3v) is 4.17. The first kappa shape index (κ1) is 15.8. The van der Waals surface area contributed by atoms with Crippen LogP contribution in [0.2, 0.25) is 0 Å². The first-order valence-corrected chi connectivity index (χ1v) is 7.93. The molecule has 1 unspecified atom stereocenters. The third-order valence-electron chi connectivity index (χ3n) is 4.17. The number of hydrogen-bond acceptors (Lipinski definition) is 3. The Bertz CT molecular complexity index is 481. The van der Waals surface area contributed by atoms with E-state index in [0.29, 0.717) is 23.7 Å². The quantitative estimate of drug-likeness (QED) is 0.819. The lowest BCUT2D eigenvalue weighted by Crippen LogP contribution is -2.38. The summed E-state index contributed by atoms with van der Waals surface area (Å²) in [7, 11) is 0. The molecular formula is C17H27N3O. The summed E-state index contributed by atoms with van der Waals surface area (Å²) >= 11 is 0. The van der Waals surface area contributed by atoms with Gasteiger partial charge in [-0.3, -0.25) is 4.79 Å². The van der Waals surface area contributed by atoms with Crippen LogP contribution in [0.3, 0.4) is 0 Å². The molecule has 0 aliphatic carbocycles. The van der Waals surface area contributed by atoms with Crippen LogP contribution in [-0.4, -0.2) is 37.0 Å². The van der Waals surface area contributed by atoms with Gasteiger partial charge in [0.25, 0.3) is 5.91 Å². The maximum atomic E-state index is 12.1. The van der Waals surface area contributed by atoms with E-state index in [0.717, 1.165) is 12.1 Å². The topological polar surface area (TPSA) is 58.4 Å². The number of anilines is 1. The van der Waals surface area contributed by atoms with Gasteiger partial charge in [0.1, 0.15) is 0 Å². The smallest absolute Gasteiger partial charge is 0.251 e. The fourth-order valence-electron chi connectivity index (χ4n) is 2.80. The highest BCUT2D eigenvalue weighted by atomic mass is 16.1. The maximum Gasteiger partial charge on any atom is 0.251 e. The van der Waals surface area contributed by atoms with E-state index in [1.807, 2.05) is 19.1 Å². The molecule has 1 aliphatic rings. The van der Waals surface area contributed by atoms with Gasteiger partial charge in [0.05, 0.1) is 0 Å². The first-order chi connectivity index (χ1) is 10.1. The Balaban J connectivity index is 1.78. The van der Waals surface area contributed by atoms with Crippen LogP contribution in [-0.2, 0) is 0 Å². The second-order valence-electron chi connectivity index (χ2n) is 6.25. The first-order valence-electron chi connectivity index (χ1n) is 7.93. The molecule has 1 atom stereocenters. The van der Waals surface area contributed by atoms with Crippen molar-refractivity contribution in [1.82, 2.24) is 10.2 Å². The minimum absolute atomic E-state index is 0.0350. The summed E-state index contributed by atoms with van der Waals surface area (Å²) < 4.78 is 0. The summed E-state index contributed by atoms with van der Waals surface area (Å²) in [6, 6.07) is 5.47. The van der Waals surface area contributed by atoms with Crippen LogP contribution in [0.25, 0.3) is 0 Å². The number of rotatable bonds is 5. The van der Waals surface area contributed by atoms with Crippen molar-refractivity contribution in [3.05, 3.63) is 29.3 Å². The second-order valence-corrected chi connectivity index (χ2v) is 6.25. The summed E-state index contributed by atoms with van der Waals surface area (Å²) in [5.74, 6) is 0.432. The van der Waals surface area contributed by atoms with E-state index >= 15 is 0 Å². The Hall–Kier alpha value is -1.55. The Labute approximate surface area is 127 Å². The van der Waals surface area contributed by atoms with Gasteiger partial charge in [-0.05, 0) is 56.5 Å². The number of amides is 1. The monoisotopic (exact) mass is 289 g/mol. The van der Waals surface area contributed by atoms with E-state index in [1.54, 1.807) is 6.07 Å². The minimum Gasteiger partial charge on any atom is -0.398 e. The van der Waals surface area contributed by atoms with Crippen LogP contribution < -0.4 is 11.1 Å². The normalized spacial score (nSPS) is 17.4. The molecule has 3 N–H and O–H groups in total. The number of likely N-dealkylation sites (tertiary alicyclic amines) is 1. The summed E-state index contributed by atoms with van der Waals surface area (Å²) in [6.07, 6.45) is 3.97. The molecule has 0 bridgehead atoms.